The molecular formula is C8H13F3N2O. The Labute approximate surface area is 80.3 Å². The maximum absolute atomic E-state index is 11.8. The van der Waals surface area contributed by atoms with Gasteiger partial charge in [0.2, 0.25) is 0 Å². The van der Waals surface area contributed by atoms with E-state index in [9.17, 15) is 18.0 Å². The fourth-order valence-electron chi connectivity index (χ4n) is 1.23. The lowest BCUT2D eigenvalue weighted by atomic mass is 10.5. The molecule has 0 atom stereocenters. The van der Waals surface area contributed by atoms with Crippen molar-refractivity contribution in [3.63, 3.8) is 0 Å². The molecule has 1 N–H and O–H groups in total. The molecule has 0 unspecified atom stereocenters. The number of hydrogen-bond acceptors (Lipinski definition) is 1. The lowest BCUT2D eigenvalue weighted by Gasteiger charge is -2.21. The van der Waals surface area contributed by atoms with E-state index in [2.05, 4.69) is 0 Å². The molecule has 0 aliphatic heterocycles. The van der Waals surface area contributed by atoms with Crippen LogP contribution in [0.15, 0.2) is 0 Å². The van der Waals surface area contributed by atoms with Gasteiger partial charge < -0.3 is 10.2 Å². The zero-order chi connectivity index (χ0) is 10.8. The molecular weight excluding hydrogens is 197 g/mol. The Kier molecular flexibility index (Phi) is 3.23. The molecule has 0 spiro atoms. The summed E-state index contributed by atoms with van der Waals surface area (Å²) in [6.07, 6.45) is -2.54. The fraction of sp³-hybridized carbons (Fsp3) is 0.875. The third kappa shape index (κ3) is 3.43. The maximum Gasteiger partial charge on any atom is 0.405 e. The number of rotatable bonds is 3. The Morgan fingerprint density at radius 2 is 2.07 bits per heavy atom. The second-order valence-corrected chi connectivity index (χ2v) is 3.29. The highest BCUT2D eigenvalue weighted by atomic mass is 19.4. The van der Waals surface area contributed by atoms with Crippen molar-refractivity contribution in [3.8, 4) is 0 Å². The minimum atomic E-state index is -4.33. The molecule has 0 bridgehead atoms. The largest absolute Gasteiger partial charge is 0.405 e. The number of amides is 2. The van der Waals surface area contributed by atoms with E-state index in [1.54, 1.807) is 6.92 Å². The Morgan fingerprint density at radius 3 is 2.43 bits per heavy atom. The van der Waals surface area contributed by atoms with E-state index in [0.29, 0.717) is 6.54 Å². The Hall–Kier alpha value is -0.940. The second-order valence-electron chi connectivity index (χ2n) is 3.29. The summed E-state index contributed by atoms with van der Waals surface area (Å²) < 4.78 is 35.3. The molecule has 0 saturated heterocycles. The summed E-state index contributed by atoms with van der Waals surface area (Å²) in [6.45, 7) is 0.953. The van der Waals surface area contributed by atoms with Gasteiger partial charge in [-0.25, -0.2) is 4.79 Å². The van der Waals surface area contributed by atoms with Gasteiger partial charge in [-0.1, -0.05) is 0 Å². The van der Waals surface area contributed by atoms with Crippen LogP contribution >= 0.6 is 0 Å². The number of hydrogen-bond donors (Lipinski definition) is 1. The van der Waals surface area contributed by atoms with E-state index in [-0.39, 0.29) is 6.04 Å². The number of alkyl halides is 3. The van der Waals surface area contributed by atoms with Gasteiger partial charge in [-0.2, -0.15) is 13.2 Å². The number of halogens is 3. The molecule has 0 heterocycles. The molecule has 0 aromatic rings. The standard InChI is InChI=1S/C8H13F3N2O/c1-2-13(6-3-4-6)7(14)12-5-8(9,10)11/h6H,2-5H2,1H3,(H,12,14). The summed E-state index contributed by atoms with van der Waals surface area (Å²) in [4.78, 5) is 12.7. The van der Waals surface area contributed by atoms with Crippen molar-refractivity contribution >= 4 is 6.03 Å². The van der Waals surface area contributed by atoms with Crippen LogP contribution in [0.5, 0.6) is 0 Å². The molecule has 3 nitrogen and oxygen atoms in total. The summed E-state index contributed by atoms with van der Waals surface area (Å²) >= 11 is 0. The highest BCUT2D eigenvalue weighted by Gasteiger charge is 2.33. The number of nitrogens with one attached hydrogen (secondary N) is 1. The van der Waals surface area contributed by atoms with Crippen molar-refractivity contribution < 1.29 is 18.0 Å². The van der Waals surface area contributed by atoms with Crippen LogP contribution in [0.3, 0.4) is 0 Å². The van der Waals surface area contributed by atoms with E-state index in [1.807, 2.05) is 5.32 Å². The van der Waals surface area contributed by atoms with Crippen molar-refractivity contribution in [1.82, 2.24) is 10.2 Å². The monoisotopic (exact) mass is 210 g/mol. The zero-order valence-electron chi connectivity index (χ0n) is 7.90. The summed E-state index contributed by atoms with van der Waals surface area (Å²) in [7, 11) is 0. The first kappa shape index (κ1) is 11.1. The minimum absolute atomic E-state index is 0.147. The van der Waals surface area contributed by atoms with Crippen LogP contribution in [0, 0.1) is 0 Å². The fourth-order valence-corrected chi connectivity index (χ4v) is 1.23. The molecule has 1 aliphatic carbocycles. The van der Waals surface area contributed by atoms with Gasteiger partial charge in [0.1, 0.15) is 6.54 Å². The van der Waals surface area contributed by atoms with Crippen LogP contribution in [0.25, 0.3) is 0 Å². The van der Waals surface area contributed by atoms with Crippen molar-refractivity contribution in [2.75, 3.05) is 13.1 Å². The van der Waals surface area contributed by atoms with Gasteiger partial charge in [0.15, 0.2) is 0 Å². The number of carbonyl (C=O) groups is 1. The summed E-state index contributed by atoms with van der Waals surface area (Å²) in [5.74, 6) is 0. The number of carbonyl (C=O) groups excluding carboxylic acids is 1. The van der Waals surface area contributed by atoms with E-state index in [0.717, 1.165) is 12.8 Å². The van der Waals surface area contributed by atoms with Crippen LogP contribution in [-0.2, 0) is 0 Å². The number of urea groups is 1. The van der Waals surface area contributed by atoms with Gasteiger partial charge in [0, 0.05) is 12.6 Å². The third-order valence-corrected chi connectivity index (χ3v) is 2.03. The van der Waals surface area contributed by atoms with E-state index in [1.165, 1.54) is 4.90 Å². The first-order valence-electron chi connectivity index (χ1n) is 4.55. The quantitative estimate of drug-likeness (QED) is 0.756. The second kappa shape index (κ2) is 4.06. The molecule has 14 heavy (non-hydrogen) atoms. The predicted molar refractivity (Wildman–Crippen MR) is 44.9 cm³/mol. The summed E-state index contributed by atoms with van der Waals surface area (Å²) in [6, 6.07) is -0.472. The first-order chi connectivity index (χ1) is 6.44. The number of nitrogens with zero attached hydrogens (tertiary/aromatic N) is 1. The van der Waals surface area contributed by atoms with Crippen LogP contribution in [-0.4, -0.2) is 36.2 Å². The van der Waals surface area contributed by atoms with E-state index >= 15 is 0 Å². The Balaban J connectivity index is 2.32. The third-order valence-electron chi connectivity index (χ3n) is 2.03. The van der Waals surface area contributed by atoms with Crippen LogP contribution in [0.1, 0.15) is 19.8 Å². The molecule has 6 heteroatoms. The van der Waals surface area contributed by atoms with Crippen molar-refractivity contribution in [1.29, 1.82) is 0 Å². The van der Waals surface area contributed by atoms with Crippen molar-refractivity contribution in [3.05, 3.63) is 0 Å². The normalized spacial score (nSPS) is 16.6. The topological polar surface area (TPSA) is 32.3 Å². The van der Waals surface area contributed by atoms with Crippen molar-refractivity contribution in [2.45, 2.75) is 32.0 Å². The molecule has 0 aromatic heterocycles. The van der Waals surface area contributed by atoms with Crippen LogP contribution in [0.4, 0.5) is 18.0 Å². The molecule has 82 valence electrons. The smallest absolute Gasteiger partial charge is 0.329 e. The Morgan fingerprint density at radius 1 is 1.50 bits per heavy atom. The average molecular weight is 210 g/mol. The molecule has 1 saturated carbocycles. The van der Waals surface area contributed by atoms with Gasteiger partial charge in [-0.3, -0.25) is 0 Å². The van der Waals surface area contributed by atoms with Crippen LogP contribution < -0.4 is 5.32 Å². The highest BCUT2D eigenvalue weighted by Crippen LogP contribution is 2.26. The van der Waals surface area contributed by atoms with Gasteiger partial charge in [0.25, 0.3) is 0 Å². The maximum atomic E-state index is 11.8. The molecule has 1 aliphatic rings. The lowest BCUT2D eigenvalue weighted by Crippen LogP contribution is -2.44. The molecule has 0 radical (unpaired) electrons. The van der Waals surface area contributed by atoms with E-state index in [4.69, 9.17) is 0 Å². The average Bonchev–Trinajstić information content (AvgIpc) is 2.85. The highest BCUT2D eigenvalue weighted by molar-refractivity contribution is 5.74. The van der Waals surface area contributed by atoms with Gasteiger partial charge in [0.05, 0.1) is 0 Å². The molecule has 0 aromatic carbocycles. The van der Waals surface area contributed by atoms with Gasteiger partial charge >= 0.3 is 12.2 Å². The first-order valence-corrected chi connectivity index (χ1v) is 4.55. The minimum Gasteiger partial charge on any atom is -0.329 e. The lowest BCUT2D eigenvalue weighted by molar-refractivity contribution is -0.123. The van der Waals surface area contributed by atoms with Crippen molar-refractivity contribution in [2.24, 2.45) is 0 Å². The Bertz CT molecular complexity index is 213. The van der Waals surface area contributed by atoms with Gasteiger partial charge in [-0.15, -0.1) is 0 Å². The predicted octanol–water partition coefficient (Wildman–Crippen LogP) is 1.74. The van der Waals surface area contributed by atoms with E-state index < -0.39 is 18.8 Å². The molecule has 1 fully saturated rings. The molecule has 2 amide bonds. The summed E-state index contributed by atoms with van der Waals surface area (Å²) in [5.41, 5.74) is 0. The molecule has 1 rings (SSSR count). The SMILES string of the molecule is CCN(C(=O)NCC(F)(F)F)C1CC1. The van der Waals surface area contributed by atoms with Crippen LogP contribution in [0.2, 0.25) is 0 Å². The zero-order valence-corrected chi connectivity index (χ0v) is 7.90. The summed E-state index contributed by atoms with van der Waals surface area (Å²) in [5, 5.41) is 1.86. The van der Waals surface area contributed by atoms with Gasteiger partial charge in [-0.05, 0) is 19.8 Å².